The van der Waals surface area contributed by atoms with Crippen molar-refractivity contribution in [3.8, 4) is 0 Å². The Morgan fingerprint density at radius 2 is 1.90 bits per heavy atom. The van der Waals surface area contributed by atoms with Gasteiger partial charge in [0.15, 0.2) is 0 Å². The molecule has 1 aliphatic heterocycles. The molecule has 2 heterocycles. The van der Waals surface area contributed by atoms with Crippen LogP contribution in [0.25, 0.3) is 0 Å². The van der Waals surface area contributed by atoms with E-state index in [2.05, 4.69) is 9.88 Å². The molecule has 1 amide bonds. The third kappa shape index (κ3) is 5.78. The number of rotatable bonds is 8. The first kappa shape index (κ1) is 20.8. The molecule has 0 spiro atoms. The van der Waals surface area contributed by atoms with Crippen LogP contribution in [0.15, 0.2) is 72.5 Å². The van der Waals surface area contributed by atoms with E-state index in [1.807, 2.05) is 68.5 Å². The second-order valence-corrected chi connectivity index (χ2v) is 7.06. The molecule has 5 heteroatoms. The number of allylic oxidation sites excluding steroid dienone is 2. The lowest BCUT2D eigenvalue weighted by Gasteiger charge is -2.23. The third-order valence-corrected chi connectivity index (χ3v) is 4.97. The van der Waals surface area contributed by atoms with Gasteiger partial charge in [-0.05, 0) is 50.0 Å². The van der Waals surface area contributed by atoms with Crippen LogP contribution >= 0.6 is 0 Å². The summed E-state index contributed by atoms with van der Waals surface area (Å²) in [7, 11) is 0. The molecule has 0 unspecified atom stereocenters. The zero-order valence-corrected chi connectivity index (χ0v) is 17.3. The number of hydrogen-bond acceptors (Lipinski definition) is 4. The average Bonchev–Trinajstić information content (AvgIpc) is 3.31. The van der Waals surface area contributed by atoms with Crippen LogP contribution in [0, 0.1) is 0 Å². The normalized spacial score (nSPS) is 14.6. The first-order chi connectivity index (χ1) is 14.2. The van der Waals surface area contributed by atoms with Crippen molar-refractivity contribution in [2.24, 2.45) is 0 Å². The lowest BCUT2D eigenvalue weighted by atomic mass is 10.2. The molecule has 0 N–H and O–H groups in total. The van der Waals surface area contributed by atoms with Gasteiger partial charge in [-0.2, -0.15) is 0 Å². The smallest absolute Gasteiger partial charge is 0.296 e. The summed E-state index contributed by atoms with van der Waals surface area (Å²) < 4.78 is 0. The summed E-state index contributed by atoms with van der Waals surface area (Å²) in [6.45, 7) is 6.71. The Kier molecular flexibility index (Phi) is 7.59. The average molecular weight is 392 g/mol. The number of hydrogen-bond donors (Lipinski definition) is 0. The molecule has 0 radical (unpaired) electrons. The van der Waals surface area contributed by atoms with Crippen molar-refractivity contribution in [1.29, 1.82) is 0 Å². The van der Waals surface area contributed by atoms with Gasteiger partial charge < -0.3 is 4.90 Å². The van der Waals surface area contributed by atoms with Gasteiger partial charge in [0.25, 0.3) is 5.91 Å². The standard InChI is InChI=1S/C24H29N3O2/c1-3-10-20(4-2)19-29-27(18-21-11-6-5-7-12-21)24(28)23-14-13-22(17-25-23)26-15-8-9-16-26/h3-7,10-14,17H,8-9,15-16,18-19H2,1-2H3/b10-3-,20-4+. The van der Waals surface area contributed by atoms with Crippen molar-refractivity contribution in [3.63, 3.8) is 0 Å². The van der Waals surface area contributed by atoms with Gasteiger partial charge in [0, 0.05) is 13.1 Å². The van der Waals surface area contributed by atoms with Gasteiger partial charge in [-0.15, -0.1) is 0 Å². The predicted octanol–water partition coefficient (Wildman–Crippen LogP) is 4.78. The Bertz CT molecular complexity index is 838. The van der Waals surface area contributed by atoms with Crippen molar-refractivity contribution in [2.45, 2.75) is 33.2 Å². The quantitative estimate of drug-likeness (QED) is 0.480. The first-order valence-electron chi connectivity index (χ1n) is 10.2. The van der Waals surface area contributed by atoms with E-state index in [1.54, 1.807) is 12.3 Å². The molecule has 1 aliphatic rings. The van der Waals surface area contributed by atoms with Crippen LogP contribution in [-0.2, 0) is 11.4 Å². The highest BCUT2D eigenvalue weighted by molar-refractivity contribution is 5.91. The zero-order chi connectivity index (χ0) is 20.5. The summed E-state index contributed by atoms with van der Waals surface area (Å²) in [4.78, 5) is 25.8. The van der Waals surface area contributed by atoms with Crippen LogP contribution in [0.1, 0.15) is 42.7 Å². The molecule has 3 rings (SSSR count). The van der Waals surface area contributed by atoms with E-state index in [-0.39, 0.29) is 5.91 Å². The molecule has 1 aromatic heterocycles. The number of carbonyl (C=O) groups excluding carboxylic acids is 1. The number of benzene rings is 1. The lowest BCUT2D eigenvalue weighted by molar-refractivity contribution is -0.120. The van der Waals surface area contributed by atoms with E-state index in [0.717, 1.165) is 29.9 Å². The highest BCUT2D eigenvalue weighted by atomic mass is 16.7. The Hall–Kier alpha value is -2.92. The maximum atomic E-state index is 13.1. The number of anilines is 1. The molecule has 2 aromatic rings. The highest BCUT2D eigenvalue weighted by Crippen LogP contribution is 2.20. The number of nitrogens with zero attached hydrogens (tertiary/aromatic N) is 3. The van der Waals surface area contributed by atoms with Gasteiger partial charge in [0.1, 0.15) is 5.69 Å². The van der Waals surface area contributed by atoms with Crippen molar-refractivity contribution in [2.75, 3.05) is 24.6 Å². The van der Waals surface area contributed by atoms with Crippen molar-refractivity contribution in [1.82, 2.24) is 10.0 Å². The van der Waals surface area contributed by atoms with Crippen molar-refractivity contribution >= 4 is 11.6 Å². The number of aromatic nitrogens is 1. The molecule has 5 nitrogen and oxygen atoms in total. The minimum Gasteiger partial charge on any atom is -0.370 e. The summed E-state index contributed by atoms with van der Waals surface area (Å²) in [5, 5.41) is 1.40. The molecule has 0 saturated carbocycles. The van der Waals surface area contributed by atoms with Crippen molar-refractivity contribution < 1.29 is 9.63 Å². The fourth-order valence-corrected chi connectivity index (χ4v) is 3.32. The molecule has 0 atom stereocenters. The van der Waals surface area contributed by atoms with Crippen LogP contribution in [-0.4, -0.2) is 35.7 Å². The number of hydroxylamine groups is 2. The molecule has 29 heavy (non-hydrogen) atoms. The van der Waals surface area contributed by atoms with Crippen LogP contribution in [0.2, 0.25) is 0 Å². The minimum absolute atomic E-state index is 0.238. The summed E-state index contributed by atoms with van der Waals surface area (Å²) in [5.74, 6) is -0.238. The zero-order valence-electron chi connectivity index (χ0n) is 17.3. The molecule has 1 aromatic carbocycles. The fourth-order valence-electron chi connectivity index (χ4n) is 3.32. The molecular weight excluding hydrogens is 362 g/mol. The second-order valence-electron chi connectivity index (χ2n) is 7.06. The fraction of sp³-hybridized carbons (Fsp3) is 0.333. The topological polar surface area (TPSA) is 45.7 Å². The summed E-state index contributed by atoms with van der Waals surface area (Å²) in [6.07, 6.45) is 10.1. The van der Waals surface area contributed by atoms with Crippen LogP contribution in [0.4, 0.5) is 5.69 Å². The third-order valence-electron chi connectivity index (χ3n) is 4.97. The van der Waals surface area contributed by atoms with Gasteiger partial charge in [-0.25, -0.2) is 10.0 Å². The van der Waals surface area contributed by atoms with Gasteiger partial charge in [0.05, 0.1) is 25.0 Å². The van der Waals surface area contributed by atoms with E-state index >= 15 is 0 Å². The molecule has 0 bridgehead atoms. The van der Waals surface area contributed by atoms with E-state index in [4.69, 9.17) is 4.84 Å². The number of amides is 1. The number of carbonyl (C=O) groups is 1. The van der Waals surface area contributed by atoms with E-state index in [1.165, 1.54) is 17.9 Å². The van der Waals surface area contributed by atoms with Crippen molar-refractivity contribution in [3.05, 3.63) is 83.7 Å². The maximum absolute atomic E-state index is 13.1. The largest absolute Gasteiger partial charge is 0.370 e. The molecule has 1 saturated heterocycles. The monoisotopic (exact) mass is 391 g/mol. The van der Waals surface area contributed by atoms with E-state index in [0.29, 0.717) is 18.8 Å². The Labute approximate surface area is 173 Å². The minimum atomic E-state index is -0.238. The summed E-state index contributed by atoms with van der Waals surface area (Å²) >= 11 is 0. The molecule has 152 valence electrons. The Morgan fingerprint density at radius 3 is 2.52 bits per heavy atom. The lowest BCUT2D eigenvalue weighted by Crippen LogP contribution is -2.32. The molecule has 1 fully saturated rings. The van der Waals surface area contributed by atoms with E-state index < -0.39 is 0 Å². The van der Waals surface area contributed by atoms with Gasteiger partial charge in [-0.3, -0.25) is 9.63 Å². The van der Waals surface area contributed by atoms with Gasteiger partial charge in [0.2, 0.25) is 0 Å². The highest BCUT2D eigenvalue weighted by Gasteiger charge is 2.20. The molecular formula is C24H29N3O2. The Balaban J connectivity index is 1.75. The predicted molar refractivity (Wildman–Crippen MR) is 117 cm³/mol. The maximum Gasteiger partial charge on any atom is 0.296 e. The SMILES string of the molecule is C/C=C\C(=C/C)CON(Cc1ccccc1)C(=O)c1ccc(N2CCCC2)cn1. The van der Waals surface area contributed by atoms with Gasteiger partial charge >= 0.3 is 0 Å². The summed E-state index contributed by atoms with van der Waals surface area (Å²) in [5.41, 5.74) is 3.47. The molecule has 0 aliphatic carbocycles. The van der Waals surface area contributed by atoms with Crippen LogP contribution < -0.4 is 4.90 Å². The summed E-state index contributed by atoms with van der Waals surface area (Å²) in [6, 6.07) is 13.6. The Morgan fingerprint density at radius 1 is 1.14 bits per heavy atom. The van der Waals surface area contributed by atoms with E-state index in [9.17, 15) is 4.79 Å². The second kappa shape index (κ2) is 10.6. The number of pyridine rings is 1. The van der Waals surface area contributed by atoms with Gasteiger partial charge in [-0.1, -0.05) is 48.6 Å². The van der Waals surface area contributed by atoms with Crippen LogP contribution in [0.3, 0.4) is 0 Å². The first-order valence-corrected chi connectivity index (χ1v) is 10.2. The van der Waals surface area contributed by atoms with Crippen LogP contribution in [0.5, 0.6) is 0 Å².